The zero-order valence-electron chi connectivity index (χ0n) is 11.8. The van der Waals surface area contributed by atoms with Crippen LogP contribution in [0.4, 0.5) is 5.69 Å². The van der Waals surface area contributed by atoms with Crippen molar-refractivity contribution in [2.45, 2.75) is 23.0 Å². The van der Waals surface area contributed by atoms with Gasteiger partial charge in [-0.05, 0) is 18.6 Å². The number of benzene rings is 1. The van der Waals surface area contributed by atoms with Crippen molar-refractivity contribution in [2.24, 2.45) is 5.92 Å². The molecule has 2 heterocycles. The number of aliphatic carboxylic acids is 1. The van der Waals surface area contributed by atoms with Crippen LogP contribution < -0.4 is 5.32 Å². The first-order valence-electron chi connectivity index (χ1n) is 7.11. The molecule has 0 aromatic heterocycles. The van der Waals surface area contributed by atoms with Crippen LogP contribution in [0.1, 0.15) is 12.8 Å². The third-order valence-corrected chi connectivity index (χ3v) is 5.23. The highest BCUT2D eigenvalue weighted by Gasteiger charge is 2.34. The van der Waals surface area contributed by atoms with Crippen molar-refractivity contribution in [3.05, 3.63) is 24.3 Å². The Hall–Kier alpha value is -2.02. The summed E-state index contributed by atoms with van der Waals surface area (Å²) >= 11 is 1.38. The van der Waals surface area contributed by atoms with Gasteiger partial charge in [0.1, 0.15) is 0 Å². The Morgan fingerprint density at radius 3 is 2.86 bits per heavy atom. The Labute approximate surface area is 131 Å². The van der Waals surface area contributed by atoms with Gasteiger partial charge in [-0.2, -0.15) is 0 Å². The summed E-state index contributed by atoms with van der Waals surface area (Å²) in [6, 6.07) is 7.48. The summed E-state index contributed by atoms with van der Waals surface area (Å²) < 4.78 is 0. The first kappa shape index (κ1) is 14.9. The molecule has 0 aliphatic carbocycles. The fourth-order valence-electron chi connectivity index (χ4n) is 2.70. The summed E-state index contributed by atoms with van der Waals surface area (Å²) in [5.41, 5.74) is 0.772. The fourth-order valence-corrected chi connectivity index (χ4v) is 3.80. The number of likely N-dealkylation sites (tertiary alicyclic amines) is 1. The zero-order chi connectivity index (χ0) is 15.7. The first-order chi connectivity index (χ1) is 10.5. The Bertz CT molecular complexity index is 634. The molecule has 0 saturated carbocycles. The van der Waals surface area contributed by atoms with Crippen LogP contribution in [-0.4, -0.2) is 46.1 Å². The number of hydrogen-bond acceptors (Lipinski definition) is 4. The van der Waals surface area contributed by atoms with E-state index in [1.807, 2.05) is 24.3 Å². The normalized spacial score (nSPS) is 23.8. The minimum atomic E-state index is -0.867. The summed E-state index contributed by atoms with van der Waals surface area (Å²) in [6.45, 7) is 0.690. The number of nitrogens with zero attached hydrogens (tertiary/aromatic N) is 1. The molecule has 1 aromatic carbocycles. The molecule has 7 heteroatoms. The van der Waals surface area contributed by atoms with Crippen molar-refractivity contribution in [3.63, 3.8) is 0 Å². The number of carboxylic acid groups (broad SMARTS) is 1. The number of thioether (sulfide) groups is 1. The van der Waals surface area contributed by atoms with Gasteiger partial charge in [-0.3, -0.25) is 14.4 Å². The van der Waals surface area contributed by atoms with Gasteiger partial charge >= 0.3 is 5.97 Å². The van der Waals surface area contributed by atoms with Gasteiger partial charge in [0.15, 0.2) is 0 Å². The summed E-state index contributed by atoms with van der Waals surface area (Å²) in [7, 11) is 0. The lowest BCUT2D eigenvalue weighted by Crippen LogP contribution is -2.36. The molecule has 2 aliphatic rings. The predicted molar refractivity (Wildman–Crippen MR) is 81.7 cm³/mol. The molecule has 22 heavy (non-hydrogen) atoms. The molecule has 1 saturated heterocycles. The van der Waals surface area contributed by atoms with E-state index in [4.69, 9.17) is 5.11 Å². The minimum Gasteiger partial charge on any atom is -0.481 e. The molecule has 2 amide bonds. The third kappa shape index (κ3) is 2.94. The molecule has 0 spiro atoms. The van der Waals surface area contributed by atoms with E-state index in [-0.39, 0.29) is 24.8 Å². The minimum absolute atomic E-state index is 0.0944. The number of anilines is 1. The van der Waals surface area contributed by atoms with Gasteiger partial charge in [0.05, 0.1) is 16.9 Å². The number of amides is 2. The van der Waals surface area contributed by atoms with Gasteiger partial charge in [-0.1, -0.05) is 12.1 Å². The Morgan fingerprint density at radius 2 is 2.14 bits per heavy atom. The lowest BCUT2D eigenvalue weighted by molar-refractivity contribution is -0.141. The molecule has 0 bridgehead atoms. The maximum Gasteiger partial charge on any atom is 0.308 e. The largest absolute Gasteiger partial charge is 0.481 e. The standard InChI is InChI=1S/C15H16N2O4S/c18-13(17-6-5-9(8-17)15(20)21)7-12-14(19)16-10-3-1-2-4-11(10)22-12/h1-4,9,12H,5-8H2,(H,16,19)(H,20,21). The van der Waals surface area contributed by atoms with Gasteiger partial charge in [-0.15, -0.1) is 11.8 Å². The van der Waals surface area contributed by atoms with E-state index >= 15 is 0 Å². The van der Waals surface area contributed by atoms with Crippen molar-refractivity contribution in [1.29, 1.82) is 0 Å². The molecular weight excluding hydrogens is 304 g/mol. The van der Waals surface area contributed by atoms with E-state index in [1.165, 1.54) is 11.8 Å². The van der Waals surface area contributed by atoms with Gasteiger partial charge in [0, 0.05) is 24.4 Å². The maximum atomic E-state index is 12.3. The third-order valence-electron chi connectivity index (χ3n) is 3.96. The van der Waals surface area contributed by atoms with E-state index in [2.05, 4.69) is 5.32 Å². The molecule has 1 aromatic rings. The number of para-hydroxylation sites is 1. The predicted octanol–water partition coefficient (Wildman–Crippen LogP) is 1.42. The van der Waals surface area contributed by atoms with E-state index in [1.54, 1.807) is 4.90 Å². The van der Waals surface area contributed by atoms with Gasteiger partial charge in [-0.25, -0.2) is 0 Å². The second-order valence-corrected chi connectivity index (χ2v) is 6.70. The van der Waals surface area contributed by atoms with Crippen LogP contribution in [0.25, 0.3) is 0 Å². The van der Waals surface area contributed by atoms with Crippen molar-refractivity contribution >= 4 is 35.2 Å². The molecule has 1 fully saturated rings. The Balaban J connectivity index is 1.63. The number of fused-ring (bicyclic) bond motifs is 1. The first-order valence-corrected chi connectivity index (χ1v) is 7.99. The van der Waals surface area contributed by atoms with Gasteiger partial charge < -0.3 is 15.3 Å². The fraction of sp³-hybridized carbons (Fsp3) is 0.400. The molecule has 3 rings (SSSR count). The summed E-state index contributed by atoms with van der Waals surface area (Å²) in [5.74, 6) is -1.69. The van der Waals surface area contributed by atoms with Gasteiger partial charge in [0.25, 0.3) is 0 Å². The number of carboxylic acids is 1. The lowest BCUT2D eigenvalue weighted by atomic mass is 10.1. The molecule has 2 N–H and O–H groups in total. The number of hydrogen-bond donors (Lipinski definition) is 2. The van der Waals surface area contributed by atoms with E-state index in [9.17, 15) is 14.4 Å². The summed E-state index contributed by atoms with van der Waals surface area (Å²) in [5, 5.41) is 11.3. The van der Waals surface area contributed by atoms with Crippen LogP contribution in [0.2, 0.25) is 0 Å². The van der Waals surface area contributed by atoms with Crippen molar-refractivity contribution in [3.8, 4) is 0 Å². The quantitative estimate of drug-likeness (QED) is 0.879. The van der Waals surface area contributed by atoms with Crippen molar-refractivity contribution in [2.75, 3.05) is 18.4 Å². The SMILES string of the molecule is O=C(O)C1CCN(C(=O)CC2Sc3ccccc3NC2=O)C1. The van der Waals surface area contributed by atoms with Crippen LogP contribution in [-0.2, 0) is 14.4 Å². The van der Waals surface area contributed by atoms with Crippen LogP contribution in [0, 0.1) is 5.92 Å². The topological polar surface area (TPSA) is 86.7 Å². The zero-order valence-corrected chi connectivity index (χ0v) is 12.6. The highest BCUT2D eigenvalue weighted by molar-refractivity contribution is 8.01. The van der Waals surface area contributed by atoms with Crippen LogP contribution in [0.5, 0.6) is 0 Å². The summed E-state index contributed by atoms with van der Waals surface area (Å²) in [6.07, 6.45) is 0.574. The van der Waals surface area contributed by atoms with Gasteiger partial charge in [0.2, 0.25) is 11.8 Å². The maximum absolute atomic E-state index is 12.3. The molecular formula is C15H16N2O4S. The Kier molecular flexibility index (Phi) is 4.06. The second kappa shape index (κ2) is 6.00. The highest BCUT2D eigenvalue weighted by atomic mass is 32.2. The monoisotopic (exact) mass is 320 g/mol. The number of carbonyl (C=O) groups excluding carboxylic acids is 2. The average Bonchev–Trinajstić information content (AvgIpc) is 2.98. The van der Waals surface area contributed by atoms with Crippen LogP contribution >= 0.6 is 11.8 Å². The average molecular weight is 320 g/mol. The molecule has 6 nitrogen and oxygen atoms in total. The van der Waals surface area contributed by atoms with Crippen molar-refractivity contribution in [1.82, 2.24) is 4.90 Å². The van der Waals surface area contributed by atoms with Crippen molar-refractivity contribution < 1.29 is 19.5 Å². The second-order valence-electron chi connectivity index (χ2n) is 5.46. The lowest BCUT2D eigenvalue weighted by Gasteiger charge is -2.25. The molecule has 2 atom stereocenters. The molecule has 116 valence electrons. The van der Waals surface area contributed by atoms with E-state index in [0.717, 1.165) is 10.6 Å². The molecule has 2 unspecified atom stereocenters. The number of carbonyl (C=O) groups is 3. The van der Waals surface area contributed by atoms with Crippen LogP contribution in [0.15, 0.2) is 29.2 Å². The highest BCUT2D eigenvalue weighted by Crippen LogP contribution is 2.37. The molecule has 2 aliphatic heterocycles. The Morgan fingerprint density at radius 1 is 1.36 bits per heavy atom. The van der Waals surface area contributed by atoms with E-state index < -0.39 is 17.1 Å². The smallest absolute Gasteiger partial charge is 0.308 e. The summed E-state index contributed by atoms with van der Waals surface area (Å²) in [4.78, 5) is 37.8. The van der Waals surface area contributed by atoms with Crippen LogP contribution in [0.3, 0.4) is 0 Å². The number of nitrogens with one attached hydrogen (secondary N) is 1. The molecule has 0 radical (unpaired) electrons. The number of rotatable bonds is 3. The van der Waals surface area contributed by atoms with E-state index in [0.29, 0.717) is 13.0 Å².